The molecule has 0 saturated carbocycles. The molecule has 0 bridgehead atoms. The number of carbonyl (C=O) groups is 1. The number of carbonyl (C=O) groups excluding carboxylic acids is 1. The maximum Gasteiger partial charge on any atom is 0.220 e. The van der Waals surface area contributed by atoms with Crippen molar-refractivity contribution in [1.82, 2.24) is 10.6 Å². The number of rotatable bonds is 8. The topological polar surface area (TPSA) is 50.4 Å². The van der Waals surface area contributed by atoms with Crippen LogP contribution in [0.4, 0.5) is 0 Å². The summed E-state index contributed by atoms with van der Waals surface area (Å²) in [6.07, 6.45) is 5.07. The van der Waals surface area contributed by atoms with Gasteiger partial charge in [-0.15, -0.1) is 12.4 Å². The zero-order valence-corrected chi connectivity index (χ0v) is 12.2. The molecule has 1 aliphatic heterocycles. The molecule has 1 heterocycles. The van der Waals surface area contributed by atoms with Crippen LogP contribution in [-0.2, 0) is 9.53 Å². The summed E-state index contributed by atoms with van der Waals surface area (Å²) in [5.74, 6) is 0.936. The quantitative estimate of drug-likeness (QED) is 0.665. The van der Waals surface area contributed by atoms with Gasteiger partial charge in [-0.25, -0.2) is 0 Å². The van der Waals surface area contributed by atoms with Crippen molar-refractivity contribution in [3.05, 3.63) is 0 Å². The molecule has 5 heteroatoms. The molecule has 1 rings (SSSR count). The van der Waals surface area contributed by atoms with Crippen molar-refractivity contribution in [2.75, 3.05) is 32.8 Å². The molecule has 4 nitrogen and oxygen atoms in total. The maximum atomic E-state index is 11.6. The van der Waals surface area contributed by atoms with Crippen molar-refractivity contribution in [2.24, 2.45) is 5.92 Å². The van der Waals surface area contributed by atoms with E-state index in [1.165, 1.54) is 12.8 Å². The van der Waals surface area contributed by atoms with Crippen LogP contribution >= 0.6 is 12.4 Å². The van der Waals surface area contributed by atoms with Crippen molar-refractivity contribution in [3.8, 4) is 0 Å². The molecule has 2 N–H and O–H groups in total. The maximum absolute atomic E-state index is 11.6. The molecule has 0 aromatic heterocycles. The summed E-state index contributed by atoms with van der Waals surface area (Å²) in [6.45, 7) is 6.44. The van der Waals surface area contributed by atoms with Crippen LogP contribution in [0, 0.1) is 5.92 Å². The van der Waals surface area contributed by atoms with Crippen LogP contribution in [0.1, 0.15) is 39.0 Å². The normalized spacial score (nSPS) is 16.1. The Morgan fingerprint density at radius 1 is 1.39 bits per heavy atom. The summed E-state index contributed by atoms with van der Waals surface area (Å²) >= 11 is 0. The first-order chi connectivity index (χ1) is 8.33. The lowest BCUT2D eigenvalue weighted by Crippen LogP contribution is -2.29. The number of nitrogens with one attached hydrogen (secondary N) is 2. The van der Waals surface area contributed by atoms with Crippen LogP contribution in [-0.4, -0.2) is 38.8 Å². The zero-order chi connectivity index (χ0) is 12.3. The van der Waals surface area contributed by atoms with E-state index in [-0.39, 0.29) is 18.3 Å². The van der Waals surface area contributed by atoms with E-state index in [1.54, 1.807) is 0 Å². The summed E-state index contributed by atoms with van der Waals surface area (Å²) in [4.78, 5) is 11.6. The lowest BCUT2D eigenvalue weighted by Gasteiger charge is -2.22. The smallest absolute Gasteiger partial charge is 0.220 e. The minimum absolute atomic E-state index is 0. The third-order valence-electron chi connectivity index (χ3n) is 3.23. The van der Waals surface area contributed by atoms with Gasteiger partial charge in [0.25, 0.3) is 0 Å². The van der Waals surface area contributed by atoms with Gasteiger partial charge in [-0.05, 0) is 51.6 Å². The molecule has 108 valence electrons. The minimum Gasteiger partial charge on any atom is -0.382 e. The van der Waals surface area contributed by atoms with Gasteiger partial charge in [-0.1, -0.05) is 0 Å². The van der Waals surface area contributed by atoms with Crippen LogP contribution < -0.4 is 10.6 Å². The van der Waals surface area contributed by atoms with E-state index < -0.39 is 0 Å². The van der Waals surface area contributed by atoms with Crippen LogP contribution in [0.3, 0.4) is 0 Å². The molecular weight excluding hydrogens is 252 g/mol. The second-order valence-corrected chi connectivity index (χ2v) is 4.63. The van der Waals surface area contributed by atoms with Gasteiger partial charge in [0.2, 0.25) is 5.91 Å². The Bertz CT molecular complexity index is 209. The SMILES string of the molecule is CCOCCCNC(=O)CCC1CCNCC1.Cl. The van der Waals surface area contributed by atoms with E-state index in [2.05, 4.69) is 10.6 Å². The zero-order valence-electron chi connectivity index (χ0n) is 11.4. The third-order valence-corrected chi connectivity index (χ3v) is 3.23. The lowest BCUT2D eigenvalue weighted by atomic mass is 9.93. The highest BCUT2D eigenvalue weighted by molar-refractivity contribution is 5.85. The van der Waals surface area contributed by atoms with E-state index in [1.807, 2.05) is 6.92 Å². The number of halogens is 1. The average molecular weight is 279 g/mol. The van der Waals surface area contributed by atoms with Gasteiger partial charge in [0.05, 0.1) is 0 Å². The summed E-state index contributed by atoms with van der Waals surface area (Å²) in [7, 11) is 0. The number of hydrogen-bond acceptors (Lipinski definition) is 3. The standard InChI is InChI=1S/C13H26N2O2.ClH/c1-2-17-11-3-8-15-13(16)5-4-12-6-9-14-10-7-12;/h12,14H,2-11H2,1H3,(H,15,16);1H. The predicted octanol–water partition coefficient (Wildman–Crippen LogP) is 1.73. The Kier molecular flexibility index (Phi) is 11.5. The van der Waals surface area contributed by atoms with Crippen molar-refractivity contribution in [1.29, 1.82) is 0 Å². The summed E-state index contributed by atoms with van der Waals surface area (Å²) < 4.78 is 5.21. The number of ether oxygens (including phenoxy) is 1. The second-order valence-electron chi connectivity index (χ2n) is 4.63. The van der Waals surface area contributed by atoms with Crippen molar-refractivity contribution in [3.63, 3.8) is 0 Å². The van der Waals surface area contributed by atoms with E-state index in [0.29, 0.717) is 6.42 Å². The van der Waals surface area contributed by atoms with Gasteiger partial charge in [-0.3, -0.25) is 4.79 Å². The van der Waals surface area contributed by atoms with Crippen LogP contribution in [0.5, 0.6) is 0 Å². The van der Waals surface area contributed by atoms with Gasteiger partial charge < -0.3 is 15.4 Å². The third kappa shape index (κ3) is 8.72. The van der Waals surface area contributed by atoms with Crippen LogP contribution in [0.15, 0.2) is 0 Å². The molecule has 0 aliphatic carbocycles. The van der Waals surface area contributed by atoms with E-state index in [4.69, 9.17) is 4.74 Å². The van der Waals surface area contributed by atoms with Crippen LogP contribution in [0.2, 0.25) is 0 Å². The Balaban J connectivity index is 0.00000289. The fourth-order valence-corrected chi connectivity index (χ4v) is 2.14. The first-order valence-corrected chi connectivity index (χ1v) is 6.88. The fourth-order valence-electron chi connectivity index (χ4n) is 2.14. The number of hydrogen-bond donors (Lipinski definition) is 2. The Hall–Kier alpha value is -0.320. The summed E-state index contributed by atoms with van der Waals surface area (Å²) in [5.41, 5.74) is 0. The van der Waals surface area contributed by atoms with E-state index in [0.717, 1.165) is 51.6 Å². The largest absolute Gasteiger partial charge is 0.382 e. The Morgan fingerprint density at radius 3 is 2.78 bits per heavy atom. The molecule has 0 atom stereocenters. The predicted molar refractivity (Wildman–Crippen MR) is 76.2 cm³/mol. The molecule has 1 aliphatic rings. The van der Waals surface area contributed by atoms with Gasteiger partial charge in [-0.2, -0.15) is 0 Å². The molecule has 18 heavy (non-hydrogen) atoms. The van der Waals surface area contributed by atoms with Crippen molar-refractivity contribution in [2.45, 2.75) is 39.0 Å². The first kappa shape index (κ1) is 17.7. The molecule has 1 saturated heterocycles. The highest BCUT2D eigenvalue weighted by atomic mass is 35.5. The Morgan fingerprint density at radius 2 is 2.11 bits per heavy atom. The summed E-state index contributed by atoms with van der Waals surface area (Å²) in [5, 5.41) is 6.29. The van der Waals surface area contributed by atoms with Crippen molar-refractivity contribution < 1.29 is 9.53 Å². The molecule has 0 aromatic carbocycles. The number of amides is 1. The molecular formula is C13H27ClN2O2. The Labute approximate surface area is 117 Å². The highest BCUT2D eigenvalue weighted by Crippen LogP contribution is 2.17. The first-order valence-electron chi connectivity index (χ1n) is 6.88. The minimum atomic E-state index is 0. The van der Waals surface area contributed by atoms with Gasteiger partial charge >= 0.3 is 0 Å². The number of piperidine rings is 1. The van der Waals surface area contributed by atoms with Gasteiger partial charge in [0.15, 0.2) is 0 Å². The van der Waals surface area contributed by atoms with E-state index in [9.17, 15) is 4.79 Å². The lowest BCUT2D eigenvalue weighted by molar-refractivity contribution is -0.121. The average Bonchev–Trinajstić information content (AvgIpc) is 2.37. The monoisotopic (exact) mass is 278 g/mol. The fraction of sp³-hybridized carbons (Fsp3) is 0.923. The highest BCUT2D eigenvalue weighted by Gasteiger charge is 2.14. The van der Waals surface area contributed by atoms with E-state index >= 15 is 0 Å². The molecule has 0 spiro atoms. The molecule has 0 unspecified atom stereocenters. The summed E-state index contributed by atoms with van der Waals surface area (Å²) in [6, 6.07) is 0. The molecule has 0 aromatic rings. The second kappa shape index (κ2) is 11.8. The van der Waals surface area contributed by atoms with Crippen molar-refractivity contribution >= 4 is 18.3 Å². The molecule has 0 radical (unpaired) electrons. The molecule has 1 fully saturated rings. The van der Waals surface area contributed by atoms with Crippen LogP contribution in [0.25, 0.3) is 0 Å². The van der Waals surface area contributed by atoms with Gasteiger partial charge in [0, 0.05) is 26.2 Å². The van der Waals surface area contributed by atoms with Gasteiger partial charge in [0.1, 0.15) is 0 Å². The molecule has 1 amide bonds.